The van der Waals surface area contributed by atoms with Gasteiger partial charge in [0.05, 0.1) is 0 Å². The molecule has 0 aliphatic heterocycles. The largest absolute Gasteiger partial charge is 0.323 e. The van der Waals surface area contributed by atoms with E-state index in [0.29, 0.717) is 0 Å². The van der Waals surface area contributed by atoms with Crippen LogP contribution in [-0.2, 0) is 11.2 Å². The molecule has 0 fully saturated rings. The van der Waals surface area contributed by atoms with Crippen LogP contribution in [0.3, 0.4) is 0 Å². The molecule has 4 heteroatoms. The van der Waals surface area contributed by atoms with E-state index < -0.39 is 23.6 Å². The molecule has 2 nitrogen and oxygen atoms in total. The average molecular weight is 289 g/mol. The number of carbonyl (C=O) groups is 1. The van der Waals surface area contributed by atoms with E-state index in [2.05, 4.69) is 0 Å². The number of rotatable bonds is 5. The minimum atomic E-state index is -0.705. The summed E-state index contributed by atoms with van der Waals surface area (Å²) in [6, 6.07) is 12.1. The van der Waals surface area contributed by atoms with Gasteiger partial charge in [0.15, 0.2) is 0 Å². The molecule has 110 valence electrons. The van der Waals surface area contributed by atoms with Crippen LogP contribution < -0.4 is 5.73 Å². The Morgan fingerprint density at radius 3 is 2.43 bits per heavy atom. The Labute approximate surface area is 122 Å². The van der Waals surface area contributed by atoms with E-state index in [9.17, 15) is 13.6 Å². The number of halogens is 2. The lowest BCUT2D eigenvalue weighted by atomic mass is 9.89. The van der Waals surface area contributed by atoms with Crippen LogP contribution in [0.1, 0.15) is 24.1 Å². The zero-order valence-corrected chi connectivity index (χ0v) is 11.7. The van der Waals surface area contributed by atoms with E-state index in [0.717, 1.165) is 17.7 Å². The SMILES string of the molecule is CC(C(=O)Cc1ccc(F)cc1F)C(N)c1ccccc1. The minimum absolute atomic E-state index is 0.0895. The van der Waals surface area contributed by atoms with Gasteiger partial charge < -0.3 is 5.73 Å². The molecule has 0 aliphatic rings. The molecule has 0 heterocycles. The molecule has 0 saturated carbocycles. The Balaban J connectivity index is 2.09. The van der Waals surface area contributed by atoms with Crippen molar-refractivity contribution in [3.05, 3.63) is 71.3 Å². The molecule has 2 atom stereocenters. The summed E-state index contributed by atoms with van der Waals surface area (Å²) in [5.74, 6) is -1.98. The molecule has 0 spiro atoms. The van der Waals surface area contributed by atoms with Crippen LogP contribution in [0.2, 0.25) is 0 Å². The van der Waals surface area contributed by atoms with E-state index in [1.165, 1.54) is 6.07 Å². The van der Waals surface area contributed by atoms with Gasteiger partial charge in [-0.05, 0) is 17.2 Å². The van der Waals surface area contributed by atoms with Gasteiger partial charge in [-0.1, -0.05) is 43.3 Å². The molecule has 2 aromatic carbocycles. The van der Waals surface area contributed by atoms with E-state index in [4.69, 9.17) is 5.73 Å². The van der Waals surface area contributed by atoms with Gasteiger partial charge in [-0.25, -0.2) is 8.78 Å². The van der Waals surface area contributed by atoms with Crippen LogP contribution >= 0.6 is 0 Å². The van der Waals surface area contributed by atoms with Gasteiger partial charge in [0.1, 0.15) is 17.4 Å². The molecule has 21 heavy (non-hydrogen) atoms. The van der Waals surface area contributed by atoms with Crippen molar-refractivity contribution in [2.75, 3.05) is 0 Å². The fraction of sp³-hybridized carbons (Fsp3) is 0.235. The second kappa shape index (κ2) is 6.59. The molecule has 0 radical (unpaired) electrons. The maximum Gasteiger partial charge on any atom is 0.142 e. The first-order valence-electron chi connectivity index (χ1n) is 6.76. The zero-order valence-electron chi connectivity index (χ0n) is 11.7. The van der Waals surface area contributed by atoms with Crippen LogP contribution in [-0.4, -0.2) is 5.78 Å². The summed E-state index contributed by atoms with van der Waals surface area (Å²) in [6.07, 6.45) is -0.0895. The number of nitrogens with two attached hydrogens (primary N) is 1. The monoisotopic (exact) mass is 289 g/mol. The Morgan fingerprint density at radius 2 is 1.81 bits per heavy atom. The van der Waals surface area contributed by atoms with E-state index in [1.54, 1.807) is 6.92 Å². The van der Waals surface area contributed by atoms with E-state index in [1.807, 2.05) is 30.3 Å². The predicted molar refractivity (Wildman–Crippen MR) is 77.6 cm³/mol. The summed E-state index contributed by atoms with van der Waals surface area (Å²) in [5.41, 5.74) is 7.13. The van der Waals surface area contributed by atoms with Crippen molar-refractivity contribution in [3.8, 4) is 0 Å². The summed E-state index contributed by atoms with van der Waals surface area (Å²) < 4.78 is 26.4. The second-order valence-corrected chi connectivity index (χ2v) is 5.10. The number of Topliss-reactive ketones (excluding diaryl/α,β-unsaturated/α-hetero) is 1. The van der Waals surface area contributed by atoms with Crippen molar-refractivity contribution >= 4 is 5.78 Å². The smallest absolute Gasteiger partial charge is 0.142 e. The van der Waals surface area contributed by atoms with Gasteiger partial charge in [0.2, 0.25) is 0 Å². The third-order valence-electron chi connectivity index (χ3n) is 3.61. The maximum absolute atomic E-state index is 13.6. The average Bonchev–Trinajstić information content (AvgIpc) is 2.49. The molecule has 2 aromatic rings. The van der Waals surface area contributed by atoms with Crippen molar-refractivity contribution in [2.24, 2.45) is 11.7 Å². The first-order valence-corrected chi connectivity index (χ1v) is 6.76. The summed E-state index contributed by atoms with van der Waals surface area (Å²) in [6.45, 7) is 1.72. The fourth-order valence-corrected chi connectivity index (χ4v) is 2.18. The highest BCUT2D eigenvalue weighted by molar-refractivity contribution is 5.83. The molecule has 2 N–H and O–H groups in total. The van der Waals surface area contributed by atoms with Gasteiger partial charge >= 0.3 is 0 Å². The van der Waals surface area contributed by atoms with Gasteiger partial charge in [-0.2, -0.15) is 0 Å². The summed E-state index contributed by atoms with van der Waals surface area (Å²) in [4.78, 5) is 12.2. The molecular formula is C17H17F2NO. The number of benzene rings is 2. The van der Waals surface area contributed by atoms with Gasteiger partial charge in [-0.3, -0.25) is 4.79 Å². The molecule has 0 amide bonds. The summed E-state index contributed by atoms with van der Waals surface area (Å²) in [5, 5.41) is 0. The summed E-state index contributed by atoms with van der Waals surface area (Å²) >= 11 is 0. The topological polar surface area (TPSA) is 43.1 Å². The first-order chi connectivity index (χ1) is 9.99. The van der Waals surface area contributed by atoms with Crippen molar-refractivity contribution in [1.82, 2.24) is 0 Å². The maximum atomic E-state index is 13.6. The first kappa shape index (κ1) is 15.3. The van der Waals surface area contributed by atoms with Crippen molar-refractivity contribution in [2.45, 2.75) is 19.4 Å². The van der Waals surface area contributed by atoms with E-state index >= 15 is 0 Å². The highest BCUT2D eigenvalue weighted by atomic mass is 19.1. The molecular weight excluding hydrogens is 272 g/mol. The summed E-state index contributed by atoms with van der Waals surface area (Å²) in [7, 11) is 0. The Kier molecular flexibility index (Phi) is 4.81. The van der Waals surface area contributed by atoms with Crippen LogP contribution in [0.4, 0.5) is 8.78 Å². The molecule has 0 saturated heterocycles. The lowest BCUT2D eigenvalue weighted by Crippen LogP contribution is -2.27. The molecule has 2 rings (SSSR count). The lowest BCUT2D eigenvalue weighted by molar-refractivity contribution is -0.122. The van der Waals surface area contributed by atoms with Gasteiger partial charge in [-0.15, -0.1) is 0 Å². The van der Waals surface area contributed by atoms with Crippen molar-refractivity contribution < 1.29 is 13.6 Å². The zero-order chi connectivity index (χ0) is 15.4. The Hall–Kier alpha value is -2.07. The van der Waals surface area contributed by atoms with Crippen molar-refractivity contribution in [1.29, 1.82) is 0 Å². The van der Waals surface area contributed by atoms with Gasteiger partial charge in [0, 0.05) is 24.4 Å². The Bertz CT molecular complexity index is 628. The quantitative estimate of drug-likeness (QED) is 0.916. The van der Waals surface area contributed by atoms with Crippen LogP contribution in [0, 0.1) is 17.6 Å². The van der Waals surface area contributed by atoms with Gasteiger partial charge in [0.25, 0.3) is 0 Å². The number of hydrogen-bond acceptors (Lipinski definition) is 2. The van der Waals surface area contributed by atoms with Crippen LogP contribution in [0.15, 0.2) is 48.5 Å². The molecule has 2 unspecified atom stereocenters. The predicted octanol–water partition coefficient (Wildman–Crippen LogP) is 3.41. The Morgan fingerprint density at radius 1 is 1.14 bits per heavy atom. The number of carbonyl (C=O) groups excluding carboxylic acids is 1. The second-order valence-electron chi connectivity index (χ2n) is 5.10. The standard InChI is InChI=1S/C17H17F2NO/c1-11(17(20)12-5-3-2-4-6-12)16(21)9-13-7-8-14(18)10-15(13)19/h2-8,10-11,17H,9,20H2,1H3. The lowest BCUT2D eigenvalue weighted by Gasteiger charge is -2.19. The van der Waals surface area contributed by atoms with Crippen LogP contribution in [0.25, 0.3) is 0 Å². The fourth-order valence-electron chi connectivity index (χ4n) is 2.18. The third-order valence-corrected chi connectivity index (χ3v) is 3.61. The van der Waals surface area contributed by atoms with Crippen molar-refractivity contribution in [3.63, 3.8) is 0 Å². The van der Waals surface area contributed by atoms with E-state index in [-0.39, 0.29) is 17.8 Å². The molecule has 0 bridgehead atoms. The molecule has 0 aromatic heterocycles. The molecule has 0 aliphatic carbocycles. The third kappa shape index (κ3) is 3.73. The highest BCUT2D eigenvalue weighted by Crippen LogP contribution is 2.22. The van der Waals surface area contributed by atoms with Crippen LogP contribution in [0.5, 0.6) is 0 Å². The highest BCUT2D eigenvalue weighted by Gasteiger charge is 2.23. The number of ketones is 1. The normalized spacial score (nSPS) is 13.7. The minimum Gasteiger partial charge on any atom is -0.323 e. The number of hydrogen-bond donors (Lipinski definition) is 1.